The summed E-state index contributed by atoms with van der Waals surface area (Å²) in [7, 11) is 0. The third kappa shape index (κ3) is 2.00. The first-order chi connectivity index (χ1) is 5.13. The van der Waals surface area contributed by atoms with Crippen molar-refractivity contribution < 1.29 is 4.92 Å². The summed E-state index contributed by atoms with van der Waals surface area (Å²) in [6, 6.07) is 1.72. The van der Waals surface area contributed by atoms with Gasteiger partial charge in [0, 0.05) is 0 Å². The highest BCUT2D eigenvalue weighted by Gasteiger charge is 2.19. The molecule has 60 valence electrons. The van der Waals surface area contributed by atoms with Gasteiger partial charge in [0.1, 0.15) is 3.74 Å². The van der Waals surface area contributed by atoms with Crippen molar-refractivity contribution in [2.75, 3.05) is 0 Å². The molecule has 0 radical (unpaired) electrons. The van der Waals surface area contributed by atoms with Gasteiger partial charge in [0.15, 0.2) is 0 Å². The molecule has 0 aliphatic carbocycles. The second-order valence-electron chi connectivity index (χ2n) is 1.74. The molecule has 1 aromatic rings. The minimum atomic E-state index is -0.379. The van der Waals surface area contributed by atoms with Crippen molar-refractivity contribution in [1.82, 2.24) is 0 Å². The molecule has 0 unspecified atom stereocenters. The number of halogens is 2. The third-order valence-corrected chi connectivity index (χ3v) is 2.94. The standard InChI is InChI=1S/C5H3Br2NO2S/c6-4(7)3-1-2-11-5(3)8(9)10/h1-2,4H. The highest BCUT2D eigenvalue weighted by molar-refractivity contribution is 9.24. The summed E-state index contributed by atoms with van der Waals surface area (Å²) >= 11 is 7.53. The smallest absolute Gasteiger partial charge is 0.258 e. The van der Waals surface area contributed by atoms with E-state index in [1.54, 1.807) is 11.4 Å². The predicted molar refractivity (Wildman–Crippen MR) is 51.6 cm³/mol. The summed E-state index contributed by atoms with van der Waals surface area (Å²) in [5, 5.41) is 12.2. The number of hydrogen-bond donors (Lipinski definition) is 0. The highest BCUT2D eigenvalue weighted by Crippen LogP contribution is 2.38. The van der Waals surface area contributed by atoms with Crippen molar-refractivity contribution in [2.45, 2.75) is 3.74 Å². The van der Waals surface area contributed by atoms with Crippen LogP contribution in [0.1, 0.15) is 9.30 Å². The van der Waals surface area contributed by atoms with E-state index >= 15 is 0 Å². The van der Waals surface area contributed by atoms with E-state index in [4.69, 9.17) is 0 Å². The molecule has 0 aromatic carbocycles. The van der Waals surface area contributed by atoms with Gasteiger partial charge in [-0.3, -0.25) is 10.1 Å². The molecule has 0 bridgehead atoms. The first-order valence-electron chi connectivity index (χ1n) is 2.63. The minimum Gasteiger partial charge on any atom is -0.258 e. The van der Waals surface area contributed by atoms with Gasteiger partial charge in [-0.15, -0.1) is 0 Å². The average Bonchev–Trinajstić information content (AvgIpc) is 2.32. The zero-order chi connectivity index (χ0) is 8.43. The summed E-state index contributed by atoms with van der Waals surface area (Å²) in [5.41, 5.74) is 0.667. The van der Waals surface area contributed by atoms with Crippen LogP contribution in [0.25, 0.3) is 0 Å². The predicted octanol–water partition coefficient (Wildman–Crippen LogP) is 3.44. The van der Waals surface area contributed by atoms with Crippen molar-refractivity contribution in [3.63, 3.8) is 0 Å². The Bertz CT molecular complexity index is 273. The first-order valence-corrected chi connectivity index (χ1v) is 5.34. The Balaban J connectivity index is 3.06. The van der Waals surface area contributed by atoms with E-state index in [0.717, 1.165) is 11.3 Å². The van der Waals surface area contributed by atoms with Gasteiger partial charge < -0.3 is 0 Å². The van der Waals surface area contributed by atoms with Crippen LogP contribution in [0.2, 0.25) is 0 Å². The largest absolute Gasteiger partial charge is 0.329 e. The molecule has 0 aliphatic rings. The lowest BCUT2D eigenvalue weighted by Gasteiger charge is -1.95. The fourth-order valence-electron chi connectivity index (χ4n) is 0.626. The molecule has 0 spiro atoms. The SMILES string of the molecule is O=[N+]([O-])c1sccc1C(Br)Br. The molecule has 6 heteroatoms. The molecule has 1 rings (SSSR count). The fraction of sp³-hybridized carbons (Fsp3) is 0.200. The van der Waals surface area contributed by atoms with Crippen LogP contribution in [0, 0.1) is 10.1 Å². The molecule has 0 saturated carbocycles. The quantitative estimate of drug-likeness (QED) is 0.477. The highest BCUT2D eigenvalue weighted by atomic mass is 79.9. The topological polar surface area (TPSA) is 43.1 Å². The van der Waals surface area contributed by atoms with E-state index in [1.165, 1.54) is 0 Å². The Morgan fingerprint density at radius 1 is 1.64 bits per heavy atom. The lowest BCUT2D eigenvalue weighted by atomic mass is 10.4. The van der Waals surface area contributed by atoms with Crippen LogP contribution in [0.4, 0.5) is 5.00 Å². The van der Waals surface area contributed by atoms with Gasteiger partial charge in [-0.05, 0) is 11.4 Å². The van der Waals surface area contributed by atoms with Crippen LogP contribution < -0.4 is 0 Å². The van der Waals surface area contributed by atoms with Crippen molar-refractivity contribution in [2.24, 2.45) is 0 Å². The lowest BCUT2D eigenvalue weighted by Crippen LogP contribution is -1.88. The van der Waals surface area contributed by atoms with Crippen LogP contribution in [-0.4, -0.2) is 4.92 Å². The summed E-state index contributed by atoms with van der Waals surface area (Å²) in [4.78, 5) is 9.98. The van der Waals surface area contributed by atoms with Gasteiger partial charge >= 0.3 is 5.00 Å². The molecule has 0 aliphatic heterocycles. The van der Waals surface area contributed by atoms with Crippen LogP contribution >= 0.6 is 43.2 Å². The Hall–Kier alpha value is 0.0600. The molecule has 11 heavy (non-hydrogen) atoms. The van der Waals surface area contributed by atoms with Crippen LogP contribution in [0.15, 0.2) is 11.4 Å². The van der Waals surface area contributed by atoms with Gasteiger partial charge in [-0.1, -0.05) is 43.2 Å². The van der Waals surface area contributed by atoms with Gasteiger partial charge in [0.25, 0.3) is 0 Å². The van der Waals surface area contributed by atoms with E-state index in [1.807, 2.05) is 0 Å². The summed E-state index contributed by atoms with van der Waals surface area (Å²) in [6.07, 6.45) is 0. The van der Waals surface area contributed by atoms with E-state index in [2.05, 4.69) is 31.9 Å². The maximum atomic E-state index is 10.4. The Morgan fingerprint density at radius 3 is 2.64 bits per heavy atom. The van der Waals surface area contributed by atoms with Crippen LogP contribution in [0.5, 0.6) is 0 Å². The van der Waals surface area contributed by atoms with Crippen LogP contribution in [-0.2, 0) is 0 Å². The maximum Gasteiger partial charge on any atom is 0.329 e. The molecular formula is C5H3Br2NO2S. The number of alkyl halides is 2. The van der Waals surface area contributed by atoms with E-state index in [-0.39, 0.29) is 13.7 Å². The Kier molecular flexibility index (Phi) is 3.03. The second-order valence-corrected chi connectivity index (χ2v) is 5.69. The molecule has 1 heterocycles. The molecule has 0 amide bonds. The molecule has 3 nitrogen and oxygen atoms in total. The Labute approximate surface area is 83.8 Å². The zero-order valence-electron chi connectivity index (χ0n) is 5.16. The summed E-state index contributed by atoms with van der Waals surface area (Å²) in [5.74, 6) is 0. The second kappa shape index (κ2) is 3.64. The van der Waals surface area contributed by atoms with E-state index in [0.29, 0.717) is 5.56 Å². The van der Waals surface area contributed by atoms with Crippen molar-refractivity contribution in [1.29, 1.82) is 0 Å². The number of nitro groups is 1. The van der Waals surface area contributed by atoms with Crippen molar-refractivity contribution >= 4 is 48.2 Å². The van der Waals surface area contributed by atoms with Gasteiger partial charge in [-0.25, -0.2) is 0 Å². The lowest BCUT2D eigenvalue weighted by molar-refractivity contribution is -0.380. The van der Waals surface area contributed by atoms with Crippen LogP contribution in [0.3, 0.4) is 0 Å². The Morgan fingerprint density at radius 2 is 2.27 bits per heavy atom. The normalized spacial score (nSPS) is 10.5. The van der Waals surface area contributed by atoms with Crippen molar-refractivity contribution in [3.05, 3.63) is 27.1 Å². The third-order valence-electron chi connectivity index (χ3n) is 1.08. The zero-order valence-corrected chi connectivity index (χ0v) is 9.15. The number of hydrogen-bond acceptors (Lipinski definition) is 3. The van der Waals surface area contributed by atoms with Gasteiger partial charge in [0.2, 0.25) is 0 Å². The molecule has 0 saturated heterocycles. The number of rotatable bonds is 2. The molecule has 0 N–H and O–H groups in total. The molecule has 0 atom stereocenters. The first kappa shape index (κ1) is 9.15. The van der Waals surface area contributed by atoms with E-state index < -0.39 is 0 Å². The number of nitrogens with zero attached hydrogens (tertiary/aromatic N) is 1. The maximum absolute atomic E-state index is 10.4. The molecule has 0 fully saturated rings. The summed E-state index contributed by atoms with van der Waals surface area (Å²) < 4.78 is -0.137. The molecular weight excluding hydrogens is 298 g/mol. The number of thiophene rings is 1. The van der Waals surface area contributed by atoms with E-state index in [9.17, 15) is 10.1 Å². The summed E-state index contributed by atoms with van der Waals surface area (Å²) in [6.45, 7) is 0. The average molecular weight is 301 g/mol. The van der Waals surface area contributed by atoms with Gasteiger partial charge in [0.05, 0.1) is 10.5 Å². The minimum absolute atomic E-state index is 0.137. The fourth-order valence-corrected chi connectivity index (χ4v) is 2.42. The monoisotopic (exact) mass is 299 g/mol. The molecule has 1 aromatic heterocycles. The van der Waals surface area contributed by atoms with Gasteiger partial charge in [-0.2, -0.15) is 0 Å². The van der Waals surface area contributed by atoms with Crippen molar-refractivity contribution in [3.8, 4) is 0 Å².